The highest BCUT2D eigenvalue weighted by Crippen LogP contribution is 2.24. The number of hydrazine groups is 1. The van der Waals surface area contributed by atoms with Crippen molar-refractivity contribution in [3.63, 3.8) is 0 Å². The van der Waals surface area contributed by atoms with Crippen LogP contribution in [0.2, 0.25) is 10.0 Å². The third kappa shape index (κ3) is 4.10. The van der Waals surface area contributed by atoms with Gasteiger partial charge in [-0.2, -0.15) is 0 Å². The lowest BCUT2D eigenvalue weighted by molar-refractivity contribution is 0.0845. The molecule has 0 aliphatic heterocycles. The molecule has 0 saturated carbocycles. The molecule has 2 N–H and O–H groups in total. The van der Waals surface area contributed by atoms with E-state index in [1.165, 1.54) is 32.4 Å². The Morgan fingerprint density at radius 2 is 1.54 bits per heavy atom. The molecule has 126 valence electrons. The van der Waals surface area contributed by atoms with E-state index >= 15 is 0 Å². The molecule has 0 fully saturated rings. The first-order chi connectivity index (χ1) is 11.5. The minimum Gasteiger partial charge on any atom is -0.497 e. The summed E-state index contributed by atoms with van der Waals surface area (Å²) < 4.78 is 10.2. The van der Waals surface area contributed by atoms with Gasteiger partial charge in [-0.1, -0.05) is 23.2 Å². The highest BCUT2D eigenvalue weighted by Gasteiger charge is 2.16. The molecule has 0 aromatic heterocycles. The summed E-state index contributed by atoms with van der Waals surface area (Å²) in [5.41, 5.74) is 4.95. The highest BCUT2D eigenvalue weighted by molar-refractivity contribution is 6.35. The highest BCUT2D eigenvalue weighted by atomic mass is 35.5. The predicted octanol–water partition coefficient (Wildman–Crippen LogP) is 3.09. The van der Waals surface area contributed by atoms with Crippen molar-refractivity contribution in [1.82, 2.24) is 10.9 Å². The molecular formula is C16H14Cl2N2O4. The second-order valence-corrected chi connectivity index (χ2v) is 5.44. The van der Waals surface area contributed by atoms with Gasteiger partial charge in [-0.25, -0.2) is 0 Å². The fourth-order valence-electron chi connectivity index (χ4n) is 1.91. The molecule has 0 aliphatic rings. The van der Waals surface area contributed by atoms with Gasteiger partial charge in [0.05, 0.1) is 30.4 Å². The molecule has 6 nitrogen and oxygen atoms in total. The lowest BCUT2D eigenvalue weighted by Gasteiger charge is -2.12. The molecule has 0 heterocycles. The summed E-state index contributed by atoms with van der Waals surface area (Å²) in [5.74, 6) is -0.302. The zero-order valence-corrected chi connectivity index (χ0v) is 14.4. The van der Waals surface area contributed by atoms with Gasteiger partial charge in [-0.05, 0) is 30.3 Å². The maximum atomic E-state index is 12.2. The van der Waals surface area contributed by atoms with Crippen LogP contribution in [0.4, 0.5) is 0 Å². The van der Waals surface area contributed by atoms with E-state index < -0.39 is 11.8 Å². The van der Waals surface area contributed by atoms with Crippen molar-refractivity contribution in [2.75, 3.05) is 14.2 Å². The summed E-state index contributed by atoms with van der Waals surface area (Å²) in [6.45, 7) is 0. The number of nitrogens with one attached hydrogen (secondary N) is 2. The Balaban J connectivity index is 2.10. The van der Waals surface area contributed by atoms with E-state index in [0.717, 1.165) is 0 Å². The normalized spacial score (nSPS) is 10.0. The van der Waals surface area contributed by atoms with Gasteiger partial charge in [0.15, 0.2) is 0 Å². The van der Waals surface area contributed by atoms with Crippen LogP contribution < -0.4 is 20.3 Å². The molecule has 0 aliphatic carbocycles. The lowest BCUT2D eigenvalue weighted by Crippen LogP contribution is -2.41. The molecule has 8 heteroatoms. The predicted molar refractivity (Wildman–Crippen MR) is 90.9 cm³/mol. The molecule has 0 radical (unpaired) electrons. The Kier molecular flexibility index (Phi) is 5.89. The van der Waals surface area contributed by atoms with E-state index in [9.17, 15) is 9.59 Å². The van der Waals surface area contributed by atoms with E-state index in [1.54, 1.807) is 18.2 Å². The number of amides is 2. The third-order valence-electron chi connectivity index (χ3n) is 3.12. The van der Waals surface area contributed by atoms with E-state index in [2.05, 4.69) is 10.9 Å². The monoisotopic (exact) mass is 368 g/mol. The summed E-state index contributed by atoms with van der Waals surface area (Å²) in [5, 5.41) is 0.570. The zero-order chi connectivity index (χ0) is 17.7. The van der Waals surface area contributed by atoms with E-state index in [4.69, 9.17) is 32.7 Å². The van der Waals surface area contributed by atoms with Gasteiger partial charge >= 0.3 is 0 Å². The topological polar surface area (TPSA) is 76.7 Å². The Bertz CT molecular complexity index is 781. The molecule has 24 heavy (non-hydrogen) atoms. The van der Waals surface area contributed by atoms with Crippen LogP contribution in [0.3, 0.4) is 0 Å². The van der Waals surface area contributed by atoms with Crippen LogP contribution in [-0.4, -0.2) is 26.0 Å². The second kappa shape index (κ2) is 7.90. The number of benzene rings is 2. The van der Waals surface area contributed by atoms with Crippen molar-refractivity contribution in [3.8, 4) is 11.5 Å². The van der Waals surface area contributed by atoms with Gasteiger partial charge in [0.2, 0.25) is 0 Å². The van der Waals surface area contributed by atoms with Gasteiger partial charge in [0.25, 0.3) is 11.8 Å². The number of hydrogen-bond donors (Lipinski definition) is 2. The van der Waals surface area contributed by atoms with Crippen LogP contribution in [0.1, 0.15) is 20.7 Å². The van der Waals surface area contributed by atoms with Crippen LogP contribution in [-0.2, 0) is 0 Å². The van der Waals surface area contributed by atoms with E-state index in [1.807, 2.05) is 0 Å². The molecule has 2 aromatic carbocycles. The number of methoxy groups -OCH3 is 2. The molecule has 2 aromatic rings. The summed E-state index contributed by atoms with van der Waals surface area (Å²) >= 11 is 11.8. The van der Waals surface area contributed by atoms with Crippen LogP contribution in [0, 0.1) is 0 Å². The van der Waals surface area contributed by atoms with Crippen LogP contribution >= 0.6 is 23.2 Å². The Morgan fingerprint density at radius 1 is 0.875 bits per heavy atom. The molecule has 0 unspecified atom stereocenters. The van der Waals surface area contributed by atoms with E-state index in [0.29, 0.717) is 16.5 Å². The van der Waals surface area contributed by atoms with Crippen molar-refractivity contribution in [2.24, 2.45) is 0 Å². The van der Waals surface area contributed by atoms with E-state index in [-0.39, 0.29) is 16.1 Å². The maximum Gasteiger partial charge on any atom is 0.273 e. The van der Waals surface area contributed by atoms with Crippen LogP contribution in [0.5, 0.6) is 11.5 Å². The number of carbonyl (C=O) groups excluding carboxylic acids is 2. The molecule has 0 spiro atoms. The quantitative estimate of drug-likeness (QED) is 0.813. The van der Waals surface area contributed by atoms with Gasteiger partial charge < -0.3 is 9.47 Å². The number of ether oxygens (including phenoxy) is 2. The average Bonchev–Trinajstić information content (AvgIpc) is 2.60. The van der Waals surface area contributed by atoms with Crippen molar-refractivity contribution in [1.29, 1.82) is 0 Å². The minimum atomic E-state index is -0.594. The molecule has 0 atom stereocenters. The molecule has 2 amide bonds. The fraction of sp³-hybridized carbons (Fsp3) is 0.125. The fourth-order valence-corrected chi connectivity index (χ4v) is 2.28. The number of rotatable bonds is 4. The first-order valence-electron chi connectivity index (χ1n) is 6.74. The van der Waals surface area contributed by atoms with Crippen molar-refractivity contribution >= 4 is 35.0 Å². The van der Waals surface area contributed by atoms with Gasteiger partial charge in [0, 0.05) is 11.1 Å². The van der Waals surface area contributed by atoms with Gasteiger partial charge in [0.1, 0.15) is 11.5 Å². The van der Waals surface area contributed by atoms with Gasteiger partial charge in [-0.3, -0.25) is 20.4 Å². The lowest BCUT2D eigenvalue weighted by atomic mass is 10.2. The summed E-state index contributed by atoms with van der Waals surface area (Å²) in [6.07, 6.45) is 0. The Hall–Kier alpha value is -2.44. The maximum absolute atomic E-state index is 12.2. The largest absolute Gasteiger partial charge is 0.497 e. The smallest absolute Gasteiger partial charge is 0.273 e. The summed E-state index contributed by atoms with van der Waals surface area (Å²) in [7, 11) is 2.93. The SMILES string of the molecule is COc1ccc(C(=O)NNC(=O)c2cc(Cl)ccc2Cl)c(OC)c1. The number of hydrogen-bond acceptors (Lipinski definition) is 4. The van der Waals surface area contributed by atoms with Gasteiger partial charge in [-0.15, -0.1) is 0 Å². The third-order valence-corrected chi connectivity index (χ3v) is 3.68. The summed E-state index contributed by atoms with van der Waals surface area (Å²) in [6, 6.07) is 9.14. The second-order valence-electron chi connectivity index (χ2n) is 4.60. The molecule has 0 bridgehead atoms. The number of halogens is 2. The minimum absolute atomic E-state index is 0.145. The molecule has 0 saturated heterocycles. The first kappa shape index (κ1) is 17.9. The van der Waals surface area contributed by atoms with Crippen LogP contribution in [0.25, 0.3) is 0 Å². The molecular weight excluding hydrogens is 355 g/mol. The summed E-state index contributed by atoms with van der Waals surface area (Å²) in [4.78, 5) is 24.3. The standard InChI is InChI=1S/C16H14Cl2N2O4/c1-23-10-4-5-11(14(8-10)24-2)15(21)19-20-16(22)12-7-9(17)3-6-13(12)18/h3-8H,1-2H3,(H,19,21)(H,20,22). The van der Waals surface area contributed by atoms with Crippen molar-refractivity contribution < 1.29 is 19.1 Å². The first-order valence-corrected chi connectivity index (χ1v) is 7.49. The van der Waals surface area contributed by atoms with Crippen molar-refractivity contribution in [3.05, 3.63) is 57.6 Å². The Labute approximate surface area is 148 Å². The van der Waals surface area contributed by atoms with Crippen LogP contribution in [0.15, 0.2) is 36.4 Å². The molecule has 2 rings (SSSR count). The Morgan fingerprint density at radius 3 is 2.17 bits per heavy atom. The van der Waals surface area contributed by atoms with Crippen molar-refractivity contribution in [2.45, 2.75) is 0 Å². The average molecular weight is 369 g/mol. The zero-order valence-electron chi connectivity index (χ0n) is 12.9. The number of carbonyl (C=O) groups is 2.